The maximum Gasteiger partial charge on any atom is 0.102 e. The highest BCUT2D eigenvalue weighted by Crippen LogP contribution is 2.33. The topological polar surface area (TPSA) is 40.5 Å². The zero-order valence-corrected chi connectivity index (χ0v) is 12.4. The summed E-state index contributed by atoms with van der Waals surface area (Å²) in [6.45, 7) is 12.7. The van der Waals surface area contributed by atoms with Gasteiger partial charge in [0.05, 0.1) is 6.61 Å². The lowest BCUT2D eigenvalue weighted by Gasteiger charge is -2.28. The lowest BCUT2D eigenvalue weighted by molar-refractivity contribution is 0.0941. The predicted molar refractivity (Wildman–Crippen MR) is 75.9 cm³/mol. The maximum absolute atomic E-state index is 9.92. The summed E-state index contributed by atoms with van der Waals surface area (Å²) < 4.78 is 0. The molecule has 0 amide bonds. The van der Waals surface area contributed by atoms with E-state index >= 15 is 0 Å². The Hall–Kier alpha value is -0.860. The molecular formula is C16H26O2. The highest BCUT2D eigenvalue weighted by Gasteiger charge is 2.24. The van der Waals surface area contributed by atoms with Gasteiger partial charge >= 0.3 is 0 Å². The van der Waals surface area contributed by atoms with E-state index in [0.717, 1.165) is 11.1 Å². The third-order valence-corrected chi connectivity index (χ3v) is 3.26. The largest absolute Gasteiger partial charge is 0.393 e. The van der Waals surface area contributed by atoms with Crippen LogP contribution < -0.4 is 0 Å². The molecule has 0 aliphatic carbocycles. The summed E-state index contributed by atoms with van der Waals surface area (Å²) >= 11 is 0. The van der Waals surface area contributed by atoms with E-state index in [4.69, 9.17) is 5.11 Å². The molecule has 1 unspecified atom stereocenters. The second-order valence-electron chi connectivity index (χ2n) is 7.00. The van der Waals surface area contributed by atoms with Crippen molar-refractivity contribution in [1.29, 1.82) is 0 Å². The van der Waals surface area contributed by atoms with Gasteiger partial charge in [-0.25, -0.2) is 0 Å². The molecule has 0 saturated carbocycles. The van der Waals surface area contributed by atoms with E-state index in [9.17, 15) is 5.11 Å². The molecule has 0 radical (unpaired) electrons. The number of hydrogen-bond donors (Lipinski definition) is 2. The van der Waals surface area contributed by atoms with Gasteiger partial charge in [-0.3, -0.25) is 0 Å². The second kappa shape index (κ2) is 5.02. The number of aliphatic hydroxyl groups excluding tert-OH is 2. The number of aliphatic hydroxyl groups is 2. The first kappa shape index (κ1) is 15.2. The molecule has 2 nitrogen and oxygen atoms in total. The zero-order chi connectivity index (χ0) is 14.1. The first-order valence-corrected chi connectivity index (χ1v) is 6.51. The van der Waals surface area contributed by atoms with Crippen molar-refractivity contribution in [1.82, 2.24) is 0 Å². The second-order valence-corrected chi connectivity index (χ2v) is 7.00. The Morgan fingerprint density at radius 1 is 1.00 bits per heavy atom. The van der Waals surface area contributed by atoms with Gasteiger partial charge in [-0.05, 0) is 27.5 Å². The Morgan fingerprint density at radius 2 is 1.56 bits per heavy atom. The molecule has 0 bridgehead atoms. The number of benzene rings is 1. The van der Waals surface area contributed by atoms with Crippen LogP contribution in [0.25, 0.3) is 0 Å². The Bertz CT molecular complexity index is 408. The van der Waals surface area contributed by atoms with Gasteiger partial charge in [0.1, 0.15) is 6.10 Å². The molecule has 0 aliphatic heterocycles. The van der Waals surface area contributed by atoms with Crippen LogP contribution in [0.3, 0.4) is 0 Å². The molecule has 0 aromatic heterocycles. The average molecular weight is 250 g/mol. The van der Waals surface area contributed by atoms with Crippen molar-refractivity contribution < 1.29 is 10.2 Å². The van der Waals surface area contributed by atoms with Gasteiger partial charge in [-0.1, -0.05) is 59.7 Å². The van der Waals surface area contributed by atoms with Crippen molar-refractivity contribution in [3.05, 3.63) is 34.9 Å². The van der Waals surface area contributed by atoms with Crippen LogP contribution in [-0.4, -0.2) is 16.8 Å². The Morgan fingerprint density at radius 3 is 1.94 bits per heavy atom. The van der Waals surface area contributed by atoms with Gasteiger partial charge in [-0.15, -0.1) is 0 Å². The molecule has 0 fully saturated rings. The van der Waals surface area contributed by atoms with Crippen LogP contribution in [-0.2, 0) is 10.8 Å². The fourth-order valence-electron chi connectivity index (χ4n) is 2.06. The van der Waals surface area contributed by atoms with Crippen molar-refractivity contribution in [3.63, 3.8) is 0 Å². The molecule has 0 spiro atoms. The first-order valence-electron chi connectivity index (χ1n) is 6.51. The van der Waals surface area contributed by atoms with Crippen LogP contribution >= 0.6 is 0 Å². The minimum Gasteiger partial charge on any atom is -0.393 e. The molecule has 2 N–H and O–H groups in total. The van der Waals surface area contributed by atoms with Gasteiger partial charge in [-0.2, -0.15) is 0 Å². The molecule has 0 aliphatic rings. The summed E-state index contributed by atoms with van der Waals surface area (Å²) in [7, 11) is 0. The standard InChI is InChI=1S/C16H26O2/c1-15(2,3)11-7-8-12(14(18)10-17)13(9-11)16(4,5)6/h7-9,14,17-18H,10H2,1-6H3. The molecule has 0 saturated heterocycles. The fourth-order valence-corrected chi connectivity index (χ4v) is 2.06. The van der Waals surface area contributed by atoms with Crippen molar-refractivity contribution in [2.45, 2.75) is 58.5 Å². The smallest absolute Gasteiger partial charge is 0.102 e. The number of hydrogen-bond acceptors (Lipinski definition) is 2. The lowest BCUT2D eigenvalue weighted by atomic mass is 9.77. The van der Waals surface area contributed by atoms with Gasteiger partial charge in [0.2, 0.25) is 0 Å². The zero-order valence-electron chi connectivity index (χ0n) is 12.4. The molecule has 1 rings (SSSR count). The Kier molecular flexibility index (Phi) is 4.24. The molecule has 1 aromatic rings. The van der Waals surface area contributed by atoms with Gasteiger partial charge in [0.15, 0.2) is 0 Å². The van der Waals surface area contributed by atoms with Crippen LogP contribution in [0.15, 0.2) is 18.2 Å². The summed E-state index contributed by atoms with van der Waals surface area (Å²) in [5.41, 5.74) is 3.23. The first-order chi connectivity index (χ1) is 8.07. The van der Waals surface area contributed by atoms with Gasteiger partial charge in [0, 0.05) is 0 Å². The SMILES string of the molecule is CC(C)(C)c1ccc(C(O)CO)c(C(C)(C)C)c1. The van der Waals surface area contributed by atoms with E-state index in [1.165, 1.54) is 5.56 Å². The summed E-state index contributed by atoms with van der Waals surface area (Å²) in [5.74, 6) is 0. The van der Waals surface area contributed by atoms with Crippen molar-refractivity contribution in [2.75, 3.05) is 6.61 Å². The fraction of sp³-hybridized carbons (Fsp3) is 0.625. The Balaban J connectivity index is 3.40. The van der Waals surface area contributed by atoms with Crippen LogP contribution in [0.4, 0.5) is 0 Å². The highest BCUT2D eigenvalue weighted by molar-refractivity contribution is 5.40. The highest BCUT2D eigenvalue weighted by atomic mass is 16.3. The lowest BCUT2D eigenvalue weighted by Crippen LogP contribution is -2.20. The molecule has 0 heterocycles. The quantitative estimate of drug-likeness (QED) is 0.845. The molecule has 18 heavy (non-hydrogen) atoms. The van der Waals surface area contributed by atoms with Crippen LogP contribution in [0, 0.1) is 0 Å². The van der Waals surface area contributed by atoms with Crippen molar-refractivity contribution in [3.8, 4) is 0 Å². The molecule has 1 aromatic carbocycles. The third kappa shape index (κ3) is 3.33. The van der Waals surface area contributed by atoms with E-state index in [1.807, 2.05) is 12.1 Å². The van der Waals surface area contributed by atoms with Crippen LogP contribution in [0.5, 0.6) is 0 Å². The van der Waals surface area contributed by atoms with Gasteiger partial charge in [0.25, 0.3) is 0 Å². The average Bonchev–Trinajstić information content (AvgIpc) is 2.24. The van der Waals surface area contributed by atoms with Crippen LogP contribution in [0.2, 0.25) is 0 Å². The predicted octanol–water partition coefficient (Wildman–Crippen LogP) is 3.31. The van der Waals surface area contributed by atoms with E-state index in [-0.39, 0.29) is 17.4 Å². The Labute approximate surface area is 111 Å². The maximum atomic E-state index is 9.92. The summed E-state index contributed by atoms with van der Waals surface area (Å²) in [6.07, 6.45) is -0.798. The minimum absolute atomic E-state index is 0.0489. The molecule has 1 atom stereocenters. The van der Waals surface area contributed by atoms with Crippen molar-refractivity contribution >= 4 is 0 Å². The summed E-state index contributed by atoms with van der Waals surface area (Å²) in [5, 5.41) is 19.1. The van der Waals surface area contributed by atoms with Gasteiger partial charge < -0.3 is 10.2 Å². The van der Waals surface area contributed by atoms with Crippen LogP contribution in [0.1, 0.15) is 64.3 Å². The minimum atomic E-state index is -0.798. The molecular weight excluding hydrogens is 224 g/mol. The monoisotopic (exact) mass is 250 g/mol. The van der Waals surface area contributed by atoms with E-state index in [1.54, 1.807) is 0 Å². The summed E-state index contributed by atoms with van der Waals surface area (Å²) in [6, 6.07) is 6.15. The van der Waals surface area contributed by atoms with E-state index in [0.29, 0.717) is 0 Å². The van der Waals surface area contributed by atoms with E-state index < -0.39 is 6.10 Å². The summed E-state index contributed by atoms with van der Waals surface area (Å²) in [4.78, 5) is 0. The third-order valence-electron chi connectivity index (χ3n) is 3.26. The normalized spacial score (nSPS) is 14.7. The number of rotatable bonds is 2. The molecule has 102 valence electrons. The van der Waals surface area contributed by atoms with E-state index in [2.05, 4.69) is 47.6 Å². The van der Waals surface area contributed by atoms with Crippen molar-refractivity contribution in [2.24, 2.45) is 0 Å². The molecule has 2 heteroatoms.